The van der Waals surface area contributed by atoms with Gasteiger partial charge in [-0.2, -0.15) is 4.39 Å². The van der Waals surface area contributed by atoms with Gasteiger partial charge in [0.05, 0.1) is 12.7 Å². The summed E-state index contributed by atoms with van der Waals surface area (Å²) >= 11 is 0. The number of rotatable bonds is 3. The number of benzene rings is 1. The van der Waals surface area contributed by atoms with Crippen LogP contribution in [0, 0.1) is 17.5 Å². The Kier molecular flexibility index (Phi) is 3.38. The van der Waals surface area contributed by atoms with Gasteiger partial charge in [0.25, 0.3) is 0 Å². The van der Waals surface area contributed by atoms with Gasteiger partial charge < -0.3 is 14.9 Å². The van der Waals surface area contributed by atoms with Gasteiger partial charge >= 0.3 is 5.97 Å². The molecule has 1 rings (SSSR count). The molecule has 1 aromatic carbocycles. The van der Waals surface area contributed by atoms with Crippen LogP contribution in [0.3, 0.4) is 0 Å². The van der Waals surface area contributed by atoms with Gasteiger partial charge in [0.2, 0.25) is 5.82 Å². The van der Waals surface area contributed by atoms with E-state index in [4.69, 9.17) is 10.2 Å². The molecule has 0 heterocycles. The Morgan fingerprint density at radius 1 is 1.38 bits per heavy atom. The molecule has 0 aliphatic rings. The van der Waals surface area contributed by atoms with Crippen molar-refractivity contribution >= 4 is 5.97 Å². The molecule has 0 spiro atoms. The molecule has 0 saturated heterocycles. The Labute approximate surface area is 87.9 Å². The van der Waals surface area contributed by atoms with Gasteiger partial charge in [0.15, 0.2) is 17.7 Å². The fourth-order valence-corrected chi connectivity index (χ4v) is 1.11. The molecule has 0 aromatic heterocycles. The Balaban J connectivity index is 3.41. The molecular weight excluding hydrogens is 229 g/mol. The second-order valence-corrected chi connectivity index (χ2v) is 2.84. The first-order valence-corrected chi connectivity index (χ1v) is 4.02. The summed E-state index contributed by atoms with van der Waals surface area (Å²) in [6.07, 6.45) is -2.47. The number of aliphatic hydroxyl groups is 1. The van der Waals surface area contributed by atoms with E-state index in [1.807, 2.05) is 0 Å². The molecule has 0 radical (unpaired) electrons. The molecule has 7 heteroatoms. The largest absolute Gasteiger partial charge is 0.493 e. The van der Waals surface area contributed by atoms with Crippen LogP contribution in [0.5, 0.6) is 5.75 Å². The number of hydrogen-bond donors (Lipinski definition) is 2. The molecule has 0 fully saturated rings. The molecule has 0 saturated carbocycles. The van der Waals surface area contributed by atoms with E-state index >= 15 is 0 Å². The lowest BCUT2D eigenvalue weighted by Crippen LogP contribution is -2.15. The van der Waals surface area contributed by atoms with Crippen molar-refractivity contribution in [3.8, 4) is 5.75 Å². The van der Waals surface area contributed by atoms with Gasteiger partial charge in [-0.3, -0.25) is 0 Å². The second kappa shape index (κ2) is 4.40. The number of aliphatic carboxylic acids is 1. The number of carbonyl (C=O) groups is 1. The SMILES string of the molecule is COc1cc(F)c(C(O)C(=O)O)c(F)c1F. The first kappa shape index (κ1) is 12.3. The molecule has 1 unspecified atom stereocenters. The fraction of sp³-hybridized carbons (Fsp3) is 0.222. The quantitative estimate of drug-likeness (QED) is 0.774. The van der Waals surface area contributed by atoms with Crippen LogP contribution < -0.4 is 4.74 Å². The monoisotopic (exact) mass is 236 g/mol. The number of methoxy groups -OCH3 is 1. The molecule has 0 bridgehead atoms. The van der Waals surface area contributed by atoms with E-state index in [-0.39, 0.29) is 0 Å². The van der Waals surface area contributed by atoms with E-state index < -0.39 is 40.8 Å². The molecule has 0 aliphatic carbocycles. The van der Waals surface area contributed by atoms with Crippen molar-refractivity contribution in [2.45, 2.75) is 6.10 Å². The molecule has 0 amide bonds. The summed E-state index contributed by atoms with van der Waals surface area (Å²) in [5, 5.41) is 17.3. The van der Waals surface area contributed by atoms with Crippen LogP contribution in [0.15, 0.2) is 6.07 Å². The van der Waals surface area contributed by atoms with E-state index in [0.29, 0.717) is 6.07 Å². The molecule has 1 atom stereocenters. The minimum Gasteiger partial charge on any atom is -0.493 e. The van der Waals surface area contributed by atoms with E-state index in [1.165, 1.54) is 0 Å². The van der Waals surface area contributed by atoms with Crippen LogP contribution >= 0.6 is 0 Å². The third-order valence-corrected chi connectivity index (χ3v) is 1.89. The van der Waals surface area contributed by atoms with E-state index in [0.717, 1.165) is 7.11 Å². The minimum atomic E-state index is -2.47. The summed E-state index contributed by atoms with van der Waals surface area (Å²) < 4.78 is 43.8. The summed E-state index contributed by atoms with van der Waals surface area (Å²) in [6, 6.07) is 0.458. The number of carboxylic acids is 1. The Morgan fingerprint density at radius 3 is 2.38 bits per heavy atom. The number of carboxylic acid groups (broad SMARTS) is 1. The molecule has 88 valence electrons. The lowest BCUT2D eigenvalue weighted by Gasteiger charge is -2.11. The normalized spacial score (nSPS) is 12.3. The third kappa shape index (κ3) is 1.94. The van der Waals surface area contributed by atoms with Crippen LogP contribution in [-0.2, 0) is 4.79 Å². The van der Waals surface area contributed by atoms with Crippen molar-refractivity contribution in [3.05, 3.63) is 29.1 Å². The van der Waals surface area contributed by atoms with Gasteiger partial charge in [-0.15, -0.1) is 0 Å². The van der Waals surface area contributed by atoms with Crippen LogP contribution in [0.1, 0.15) is 11.7 Å². The minimum absolute atomic E-state index is 0.458. The second-order valence-electron chi connectivity index (χ2n) is 2.84. The zero-order valence-corrected chi connectivity index (χ0v) is 8.00. The van der Waals surface area contributed by atoms with E-state index in [9.17, 15) is 18.0 Å². The average molecular weight is 236 g/mol. The van der Waals surface area contributed by atoms with Crippen molar-refractivity contribution in [2.24, 2.45) is 0 Å². The number of ether oxygens (including phenoxy) is 1. The average Bonchev–Trinajstić information content (AvgIpc) is 2.23. The molecule has 4 nitrogen and oxygen atoms in total. The van der Waals surface area contributed by atoms with Gasteiger partial charge in [-0.05, 0) is 0 Å². The van der Waals surface area contributed by atoms with Crippen LogP contribution in [-0.4, -0.2) is 23.3 Å². The van der Waals surface area contributed by atoms with Gasteiger partial charge in [-0.1, -0.05) is 0 Å². The highest BCUT2D eigenvalue weighted by Crippen LogP contribution is 2.29. The zero-order valence-electron chi connectivity index (χ0n) is 8.00. The van der Waals surface area contributed by atoms with Gasteiger partial charge in [0, 0.05) is 6.07 Å². The highest BCUT2D eigenvalue weighted by molar-refractivity contribution is 5.74. The molecule has 16 heavy (non-hydrogen) atoms. The van der Waals surface area contributed by atoms with Crippen LogP contribution in [0.25, 0.3) is 0 Å². The van der Waals surface area contributed by atoms with Crippen molar-refractivity contribution in [1.29, 1.82) is 0 Å². The Bertz CT molecular complexity index is 433. The summed E-state index contributed by atoms with van der Waals surface area (Å²) in [7, 11) is 0.991. The van der Waals surface area contributed by atoms with Crippen LogP contribution in [0.2, 0.25) is 0 Å². The Hall–Kier alpha value is -1.76. The maximum atomic E-state index is 13.2. The predicted molar refractivity (Wildman–Crippen MR) is 45.5 cm³/mol. The maximum absolute atomic E-state index is 13.2. The zero-order chi connectivity index (χ0) is 12.5. The molecule has 1 aromatic rings. The summed E-state index contributed by atoms with van der Waals surface area (Å²) in [4.78, 5) is 10.3. The Morgan fingerprint density at radius 2 is 1.94 bits per heavy atom. The summed E-state index contributed by atoms with van der Waals surface area (Å²) in [5.74, 6) is -7.34. The smallest absolute Gasteiger partial charge is 0.337 e. The van der Waals surface area contributed by atoms with Crippen molar-refractivity contribution in [3.63, 3.8) is 0 Å². The molecule has 2 N–H and O–H groups in total. The number of aliphatic hydroxyl groups excluding tert-OH is 1. The standard InChI is InChI=1S/C9H7F3O4/c1-16-4-2-3(10)5(7(12)6(4)11)8(13)9(14)15/h2,8,13H,1H3,(H,14,15). The van der Waals surface area contributed by atoms with Crippen molar-refractivity contribution in [1.82, 2.24) is 0 Å². The predicted octanol–water partition coefficient (Wildman–Crippen LogP) is 1.23. The summed E-state index contributed by atoms with van der Waals surface area (Å²) in [5.41, 5.74) is -1.26. The van der Waals surface area contributed by atoms with Crippen molar-refractivity contribution in [2.75, 3.05) is 7.11 Å². The lowest BCUT2D eigenvalue weighted by molar-refractivity contribution is -0.147. The first-order chi connectivity index (χ1) is 7.40. The fourth-order valence-electron chi connectivity index (χ4n) is 1.11. The van der Waals surface area contributed by atoms with E-state index in [2.05, 4.69) is 4.74 Å². The maximum Gasteiger partial charge on any atom is 0.337 e. The third-order valence-electron chi connectivity index (χ3n) is 1.89. The highest BCUT2D eigenvalue weighted by Gasteiger charge is 2.28. The first-order valence-electron chi connectivity index (χ1n) is 4.02. The molecular formula is C9H7F3O4. The van der Waals surface area contributed by atoms with E-state index in [1.54, 1.807) is 0 Å². The van der Waals surface area contributed by atoms with Gasteiger partial charge in [0.1, 0.15) is 5.82 Å². The molecule has 0 aliphatic heterocycles. The number of halogens is 3. The summed E-state index contributed by atoms with van der Waals surface area (Å²) in [6.45, 7) is 0. The van der Waals surface area contributed by atoms with Crippen molar-refractivity contribution < 1.29 is 32.9 Å². The lowest BCUT2D eigenvalue weighted by atomic mass is 10.1. The topological polar surface area (TPSA) is 66.8 Å². The van der Waals surface area contributed by atoms with Crippen LogP contribution in [0.4, 0.5) is 13.2 Å². The highest BCUT2D eigenvalue weighted by atomic mass is 19.2. The van der Waals surface area contributed by atoms with Gasteiger partial charge in [-0.25, -0.2) is 13.6 Å². The number of hydrogen-bond acceptors (Lipinski definition) is 3.